The van der Waals surface area contributed by atoms with Crippen molar-refractivity contribution in [1.82, 2.24) is 0 Å². The third kappa shape index (κ3) is 11.0. The van der Waals surface area contributed by atoms with Crippen LogP contribution in [0.3, 0.4) is 0 Å². The van der Waals surface area contributed by atoms with Gasteiger partial charge in [-0.25, -0.2) is 0 Å². The molecule has 0 N–H and O–H groups in total. The first kappa shape index (κ1) is 47.0. The van der Waals surface area contributed by atoms with E-state index in [4.69, 9.17) is 34.1 Å². The summed E-state index contributed by atoms with van der Waals surface area (Å²) in [6, 6.07) is 31.9. The number of aryl methyl sites for hydroxylation is 2. The molecular formula is C54H68Cl4SiZr2. The first-order chi connectivity index (χ1) is 29.2. The Morgan fingerprint density at radius 1 is 0.492 bits per heavy atom. The van der Waals surface area contributed by atoms with Crippen molar-refractivity contribution in [2.24, 2.45) is 10.8 Å². The summed E-state index contributed by atoms with van der Waals surface area (Å²) < 4.78 is 2.34. The van der Waals surface area contributed by atoms with Crippen LogP contribution in [-0.4, -0.2) is 9.52 Å². The predicted octanol–water partition coefficient (Wildman–Crippen LogP) is 18.3. The van der Waals surface area contributed by atoms with Crippen LogP contribution >= 0.6 is 34.1 Å². The second-order valence-corrected chi connectivity index (χ2v) is 58.2. The van der Waals surface area contributed by atoms with E-state index < -0.39 is 45.3 Å². The van der Waals surface area contributed by atoms with E-state index in [1.807, 2.05) is 0 Å². The van der Waals surface area contributed by atoms with Gasteiger partial charge in [-0.2, -0.15) is 0 Å². The SMILES string of the molecule is Cc1ccc(-c2cccc3c2C=C(CC2(C)CCCCCCC2)[CH]3[Zr]([Cl])([Cl])[CH2][SiH2][CH2][Zr]([Cl])([Cl])[CH]2C(CC3(C)CCCCCCC3)=Cc3c(-c4ccc(C)cc4)cccc32)cc1. The molecule has 0 radical (unpaired) electrons. The minimum absolute atomic E-state index is 0.169. The molecule has 7 heteroatoms. The first-order valence-corrected chi connectivity index (χ1v) is 44.8. The molecule has 0 heterocycles. The summed E-state index contributed by atoms with van der Waals surface area (Å²) in [7, 11) is 31.6. The number of rotatable bonds is 12. The molecule has 61 heavy (non-hydrogen) atoms. The van der Waals surface area contributed by atoms with Gasteiger partial charge in [-0.15, -0.1) is 0 Å². The van der Waals surface area contributed by atoms with Crippen LogP contribution in [0, 0.1) is 24.7 Å². The Balaban J connectivity index is 1.09. The summed E-state index contributed by atoms with van der Waals surface area (Å²) in [6.45, 7) is 9.46. The van der Waals surface area contributed by atoms with Crippen molar-refractivity contribution in [2.75, 3.05) is 0 Å². The van der Waals surface area contributed by atoms with Crippen molar-refractivity contribution < 1.29 is 35.8 Å². The van der Waals surface area contributed by atoms with E-state index in [-0.39, 0.29) is 18.1 Å². The average Bonchev–Trinajstić information content (AvgIpc) is 3.77. The third-order valence-electron chi connectivity index (χ3n) is 15.3. The Morgan fingerprint density at radius 2 is 0.836 bits per heavy atom. The molecule has 0 nitrogen and oxygen atoms in total. The molecule has 4 aliphatic carbocycles. The molecule has 324 valence electrons. The Morgan fingerprint density at radius 3 is 1.20 bits per heavy atom. The first-order valence-electron chi connectivity index (χ1n) is 23.8. The molecule has 2 unspecified atom stereocenters. The fourth-order valence-electron chi connectivity index (χ4n) is 11.9. The number of fused-ring (bicyclic) bond motifs is 2. The number of benzene rings is 4. The van der Waals surface area contributed by atoms with Gasteiger partial charge in [0, 0.05) is 0 Å². The van der Waals surface area contributed by atoms with Gasteiger partial charge in [-0.05, 0) is 0 Å². The van der Waals surface area contributed by atoms with Crippen LogP contribution in [0.15, 0.2) is 96.1 Å². The van der Waals surface area contributed by atoms with Crippen LogP contribution in [0.2, 0.25) is 7.50 Å². The summed E-state index contributed by atoms with van der Waals surface area (Å²) in [6.07, 6.45) is 26.0. The van der Waals surface area contributed by atoms with Crippen LogP contribution in [0.4, 0.5) is 0 Å². The van der Waals surface area contributed by atoms with Crippen LogP contribution in [0.25, 0.3) is 34.4 Å². The molecule has 0 saturated heterocycles. The molecule has 4 aromatic carbocycles. The van der Waals surface area contributed by atoms with E-state index in [2.05, 4.69) is 125 Å². The Hall–Kier alpha value is -0.497. The summed E-state index contributed by atoms with van der Waals surface area (Å²) in [5.74, 6) is 0. The number of hydrogen-bond acceptors (Lipinski definition) is 0. The van der Waals surface area contributed by atoms with E-state index in [9.17, 15) is 0 Å². The van der Waals surface area contributed by atoms with Gasteiger partial charge in [0.15, 0.2) is 0 Å². The predicted molar refractivity (Wildman–Crippen MR) is 266 cm³/mol. The standard InChI is InChI=1S/2C26H31.C2H6Si.4ClH.2Zr/c2*1-20-11-13-22(14-12-20)24-10-8-9-23-17-21(18-25(23)24)19-26(2)15-6-4-3-5-7-16-26;1-3-2;;;;;;/h2*8-14,17-18H,3-7,15-16,19H2,1-2H3;1-3H2;4*1H;;/q;;;;;;;2*+2/p-4. The van der Waals surface area contributed by atoms with Gasteiger partial charge in [0.05, 0.1) is 0 Å². The van der Waals surface area contributed by atoms with E-state index in [0.29, 0.717) is 0 Å². The quantitative estimate of drug-likeness (QED) is 0.124. The van der Waals surface area contributed by atoms with Crippen LogP contribution in [-0.2, 0) is 35.8 Å². The maximum absolute atomic E-state index is 8.07. The molecule has 0 bridgehead atoms. The fourth-order valence-corrected chi connectivity index (χ4v) is 56.5. The zero-order valence-corrected chi connectivity index (χ0v) is 46.7. The molecule has 2 fully saturated rings. The van der Waals surface area contributed by atoms with Crippen molar-refractivity contribution in [2.45, 2.75) is 145 Å². The van der Waals surface area contributed by atoms with E-state index in [1.165, 1.54) is 157 Å². The van der Waals surface area contributed by atoms with Crippen molar-refractivity contribution in [1.29, 1.82) is 0 Å². The zero-order chi connectivity index (χ0) is 42.8. The molecule has 2 saturated carbocycles. The van der Waals surface area contributed by atoms with Crippen LogP contribution < -0.4 is 0 Å². The van der Waals surface area contributed by atoms with E-state index in [1.54, 1.807) is 0 Å². The van der Waals surface area contributed by atoms with Crippen molar-refractivity contribution >= 4 is 55.7 Å². The number of halogens is 4. The molecular weight excluding hydrogens is 1000 g/mol. The van der Waals surface area contributed by atoms with Gasteiger partial charge in [0.2, 0.25) is 0 Å². The maximum atomic E-state index is 8.07. The molecule has 4 aromatic rings. The summed E-state index contributed by atoms with van der Waals surface area (Å²) in [5, 5.41) is 0. The van der Waals surface area contributed by atoms with E-state index in [0.717, 1.165) is 20.3 Å². The van der Waals surface area contributed by atoms with Gasteiger partial charge in [-0.3, -0.25) is 0 Å². The van der Waals surface area contributed by atoms with Gasteiger partial charge < -0.3 is 0 Å². The Bertz CT molecular complexity index is 2050. The molecule has 0 aliphatic heterocycles. The summed E-state index contributed by atoms with van der Waals surface area (Å²) in [4.78, 5) is 0. The van der Waals surface area contributed by atoms with Crippen molar-refractivity contribution in [3.63, 3.8) is 0 Å². The Kier molecular flexibility index (Phi) is 15.5. The Labute approximate surface area is 394 Å². The van der Waals surface area contributed by atoms with Gasteiger partial charge in [0.25, 0.3) is 0 Å². The van der Waals surface area contributed by atoms with Gasteiger partial charge in [0.1, 0.15) is 0 Å². The second kappa shape index (κ2) is 20.2. The third-order valence-corrected chi connectivity index (χ3v) is 58.4. The fraction of sp³-hybridized carbons (Fsp3) is 0.481. The second-order valence-electron chi connectivity index (χ2n) is 20.5. The molecule has 0 spiro atoms. The molecule has 0 aromatic heterocycles. The van der Waals surface area contributed by atoms with Gasteiger partial charge >= 0.3 is 399 Å². The van der Waals surface area contributed by atoms with E-state index >= 15 is 0 Å². The van der Waals surface area contributed by atoms with Gasteiger partial charge in [-0.1, -0.05) is 0 Å². The number of allylic oxidation sites excluding steroid dienone is 2. The summed E-state index contributed by atoms with van der Waals surface area (Å²) in [5.41, 5.74) is 16.8. The summed E-state index contributed by atoms with van der Waals surface area (Å²) >= 11 is -7.70. The molecule has 0 amide bonds. The average molecular weight is 1070 g/mol. The molecule has 2 atom stereocenters. The van der Waals surface area contributed by atoms with Crippen LogP contribution in [0.5, 0.6) is 0 Å². The van der Waals surface area contributed by atoms with Crippen molar-refractivity contribution in [3.05, 3.63) is 129 Å². The number of hydrogen-bond donors (Lipinski definition) is 0. The monoisotopic (exact) mass is 1060 g/mol. The normalized spacial score (nSPS) is 21.8. The minimum atomic E-state index is -3.85. The van der Waals surface area contributed by atoms with Crippen molar-refractivity contribution in [3.8, 4) is 22.3 Å². The zero-order valence-electron chi connectivity index (χ0n) is 37.3. The molecule has 8 rings (SSSR count). The molecule has 4 aliphatic rings. The van der Waals surface area contributed by atoms with Crippen LogP contribution in [0.1, 0.15) is 157 Å². The topological polar surface area (TPSA) is 0 Å².